The minimum atomic E-state index is -3.52. The lowest BCUT2D eigenvalue weighted by molar-refractivity contribution is -0.122. The normalized spacial score (nSPS) is 12.6. The fourth-order valence-electron chi connectivity index (χ4n) is 2.44. The zero-order valence-electron chi connectivity index (χ0n) is 15.5. The van der Waals surface area contributed by atoms with Crippen molar-refractivity contribution < 1.29 is 17.9 Å². The van der Waals surface area contributed by atoms with Gasteiger partial charge in [0.25, 0.3) is 5.91 Å². The molecule has 0 heterocycles. The van der Waals surface area contributed by atoms with Crippen LogP contribution >= 0.6 is 11.6 Å². The van der Waals surface area contributed by atoms with Gasteiger partial charge in [0.1, 0.15) is 5.75 Å². The second kappa shape index (κ2) is 9.21. The quantitative estimate of drug-likeness (QED) is 0.718. The maximum absolute atomic E-state index is 12.5. The summed E-state index contributed by atoms with van der Waals surface area (Å²) < 4.78 is 31.9. The molecule has 8 heteroatoms. The van der Waals surface area contributed by atoms with E-state index in [0.717, 1.165) is 0 Å². The van der Waals surface area contributed by atoms with Crippen LogP contribution in [0.3, 0.4) is 0 Å². The molecule has 0 aliphatic heterocycles. The maximum atomic E-state index is 12.5. The molecule has 0 bridgehead atoms. The minimum absolute atomic E-state index is 0.190. The van der Waals surface area contributed by atoms with E-state index in [1.165, 1.54) is 16.4 Å². The molecule has 0 spiro atoms. The van der Waals surface area contributed by atoms with Gasteiger partial charge in [0.2, 0.25) is 10.0 Å². The van der Waals surface area contributed by atoms with Crippen LogP contribution in [0.4, 0.5) is 5.69 Å². The molecule has 2 rings (SSSR count). The fourth-order valence-corrected chi connectivity index (χ4v) is 4.02. The van der Waals surface area contributed by atoms with Crippen LogP contribution in [-0.2, 0) is 14.8 Å². The third-order valence-electron chi connectivity index (χ3n) is 3.96. The Kier molecular flexibility index (Phi) is 7.24. The predicted octanol–water partition coefficient (Wildman–Crippen LogP) is 3.78. The molecule has 2 aromatic carbocycles. The summed E-state index contributed by atoms with van der Waals surface area (Å²) in [7, 11) is -3.52. The van der Waals surface area contributed by atoms with Crippen LogP contribution in [0.15, 0.2) is 53.4 Å². The molecule has 27 heavy (non-hydrogen) atoms. The van der Waals surface area contributed by atoms with E-state index in [1.807, 2.05) is 0 Å². The second-order valence-corrected chi connectivity index (χ2v) is 8.19. The molecule has 2 aromatic rings. The topological polar surface area (TPSA) is 75.7 Å². The first-order chi connectivity index (χ1) is 12.8. The van der Waals surface area contributed by atoms with Crippen LogP contribution in [0.2, 0.25) is 5.02 Å². The first kappa shape index (κ1) is 21.2. The van der Waals surface area contributed by atoms with Crippen LogP contribution < -0.4 is 10.1 Å². The SMILES string of the molecule is CCN(CC)S(=O)(=O)c1ccc(NC(=O)[C@@H](C)Oc2ccc(Cl)cc2)cc1. The molecule has 0 radical (unpaired) electrons. The lowest BCUT2D eigenvalue weighted by Crippen LogP contribution is -2.31. The van der Waals surface area contributed by atoms with Crippen LogP contribution in [0, 0.1) is 0 Å². The Labute approximate surface area is 165 Å². The van der Waals surface area contributed by atoms with Gasteiger partial charge in [0.15, 0.2) is 6.10 Å². The van der Waals surface area contributed by atoms with Crippen molar-refractivity contribution in [3.63, 3.8) is 0 Å². The summed E-state index contributed by atoms with van der Waals surface area (Å²) in [6.07, 6.45) is -0.731. The molecular weight excluding hydrogens is 388 g/mol. The Balaban J connectivity index is 2.03. The van der Waals surface area contributed by atoms with Gasteiger partial charge in [-0.1, -0.05) is 25.4 Å². The van der Waals surface area contributed by atoms with E-state index in [-0.39, 0.29) is 10.8 Å². The number of nitrogens with zero attached hydrogens (tertiary/aromatic N) is 1. The molecule has 0 aliphatic carbocycles. The Hall–Kier alpha value is -2.09. The number of carbonyl (C=O) groups is 1. The third-order valence-corrected chi connectivity index (χ3v) is 6.28. The average Bonchev–Trinajstić information content (AvgIpc) is 2.64. The lowest BCUT2D eigenvalue weighted by Gasteiger charge is -2.19. The summed E-state index contributed by atoms with van der Waals surface area (Å²) in [6.45, 7) is 6.01. The first-order valence-corrected chi connectivity index (χ1v) is 10.4. The Morgan fingerprint density at radius 3 is 2.15 bits per heavy atom. The number of amides is 1. The number of nitrogens with one attached hydrogen (secondary N) is 1. The Morgan fingerprint density at radius 1 is 1.07 bits per heavy atom. The molecular formula is C19H23ClN2O4S. The molecule has 1 amide bonds. The average molecular weight is 411 g/mol. The number of carbonyl (C=O) groups excluding carboxylic acids is 1. The van der Waals surface area contributed by atoms with Crippen molar-refractivity contribution in [3.8, 4) is 5.75 Å². The molecule has 0 aliphatic rings. The Morgan fingerprint density at radius 2 is 1.63 bits per heavy atom. The van der Waals surface area contributed by atoms with Crippen molar-refractivity contribution in [1.29, 1.82) is 0 Å². The largest absolute Gasteiger partial charge is 0.481 e. The van der Waals surface area contributed by atoms with Gasteiger partial charge < -0.3 is 10.1 Å². The molecule has 0 saturated heterocycles. The van der Waals surface area contributed by atoms with Gasteiger partial charge in [-0.15, -0.1) is 0 Å². The van der Waals surface area contributed by atoms with Crippen LogP contribution in [0.25, 0.3) is 0 Å². The summed E-state index contributed by atoms with van der Waals surface area (Å²) >= 11 is 5.82. The molecule has 1 N–H and O–H groups in total. The molecule has 146 valence electrons. The highest BCUT2D eigenvalue weighted by atomic mass is 35.5. The van der Waals surface area contributed by atoms with Crippen LogP contribution in [0.5, 0.6) is 5.75 Å². The van der Waals surface area contributed by atoms with Gasteiger partial charge in [-0.25, -0.2) is 8.42 Å². The molecule has 6 nitrogen and oxygen atoms in total. The van der Waals surface area contributed by atoms with E-state index in [2.05, 4.69) is 5.32 Å². The fraction of sp³-hybridized carbons (Fsp3) is 0.316. The van der Waals surface area contributed by atoms with Crippen molar-refractivity contribution in [2.24, 2.45) is 0 Å². The number of anilines is 1. The summed E-state index contributed by atoms with van der Waals surface area (Å²) in [4.78, 5) is 12.5. The van der Waals surface area contributed by atoms with E-state index < -0.39 is 16.1 Å². The van der Waals surface area contributed by atoms with Gasteiger partial charge in [-0.2, -0.15) is 4.31 Å². The number of hydrogen-bond acceptors (Lipinski definition) is 4. The van der Waals surface area contributed by atoms with Crippen LogP contribution in [0.1, 0.15) is 20.8 Å². The zero-order chi connectivity index (χ0) is 20.0. The second-order valence-electron chi connectivity index (χ2n) is 5.82. The van der Waals surface area contributed by atoms with Crippen molar-refractivity contribution in [2.75, 3.05) is 18.4 Å². The van der Waals surface area contributed by atoms with Crippen LogP contribution in [-0.4, -0.2) is 37.8 Å². The Bertz CT molecular complexity index is 864. The van der Waals surface area contributed by atoms with E-state index in [0.29, 0.717) is 29.5 Å². The van der Waals surface area contributed by atoms with Crippen molar-refractivity contribution >= 4 is 33.2 Å². The van der Waals surface area contributed by atoms with Crippen molar-refractivity contribution in [2.45, 2.75) is 31.8 Å². The predicted molar refractivity (Wildman–Crippen MR) is 107 cm³/mol. The summed E-state index contributed by atoms with van der Waals surface area (Å²) in [5, 5.41) is 3.29. The first-order valence-electron chi connectivity index (χ1n) is 8.61. The van der Waals surface area contributed by atoms with E-state index >= 15 is 0 Å². The number of ether oxygens (including phenoxy) is 1. The number of halogens is 1. The molecule has 1 atom stereocenters. The third kappa shape index (κ3) is 5.45. The van der Waals surface area contributed by atoms with Crippen molar-refractivity contribution in [1.82, 2.24) is 4.31 Å². The maximum Gasteiger partial charge on any atom is 0.265 e. The molecule has 0 aromatic heterocycles. The highest BCUT2D eigenvalue weighted by Gasteiger charge is 2.21. The van der Waals surface area contributed by atoms with Gasteiger partial charge in [0, 0.05) is 23.8 Å². The van der Waals surface area contributed by atoms with Gasteiger partial charge >= 0.3 is 0 Å². The van der Waals surface area contributed by atoms with E-state index in [1.54, 1.807) is 57.2 Å². The van der Waals surface area contributed by atoms with Gasteiger partial charge in [0.05, 0.1) is 4.90 Å². The summed E-state index contributed by atoms with van der Waals surface area (Å²) in [5.74, 6) is 0.187. The zero-order valence-corrected chi connectivity index (χ0v) is 17.0. The monoisotopic (exact) mass is 410 g/mol. The highest BCUT2D eigenvalue weighted by molar-refractivity contribution is 7.89. The van der Waals surface area contributed by atoms with Gasteiger partial charge in [-0.05, 0) is 55.5 Å². The lowest BCUT2D eigenvalue weighted by atomic mass is 10.3. The number of rotatable bonds is 8. The van der Waals surface area contributed by atoms with Crippen molar-refractivity contribution in [3.05, 3.63) is 53.6 Å². The molecule has 0 unspecified atom stereocenters. The molecule has 0 fully saturated rings. The minimum Gasteiger partial charge on any atom is -0.481 e. The van der Waals surface area contributed by atoms with E-state index in [4.69, 9.17) is 16.3 Å². The van der Waals surface area contributed by atoms with E-state index in [9.17, 15) is 13.2 Å². The summed E-state index contributed by atoms with van der Waals surface area (Å²) in [5.41, 5.74) is 0.491. The number of hydrogen-bond donors (Lipinski definition) is 1. The highest BCUT2D eigenvalue weighted by Crippen LogP contribution is 2.20. The standard InChI is InChI=1S/C19H23ClN2O4S/c1-4-22(5-2)27(24,25)18-12-8-16(9-13-18)21-19(23)14(3)26-17-10-6-15(20)7-11-17/h6-14H,4-5H2,1-3H3,(H,21,23)/t14-/m1/s1. The van der Waals surface area contributed by atoms with Gasteiger partial charge in [-0.3, -0.25) is 4.79 Å². The number of benzene rings is 2. The summed E-state index contributed by atoms with van der Waals surface area (Å²) in [6, 6.07) is 12.8. The smallest absolute Gasteiger partial charge is 0.265 e. The number of sulfonamides is 1. The molecule has 0 saturated carbocycles.